The molecule has 6 nitrogen and oxygen atoms in total. The van der Waals surface area contributed by atoms with Gasteiger partial charge in [-0.2, -0.15) is 0 Å². The van der Waals surface area contributed by atoms with Crippen molar-refractivity contribution in [2.45, 2.75) is 26.9 Å². The number of carbonyl (C=O) groups excluding carboxylic acids is 3. The summed E-state index contributed by atoms with van der Waals surface area (Å²) in [6, 6.07) is 12.3. The van der Waals surface area contributed by atoms with Gasteiger partial charge in [0.05, 0.1) is 12.7 Å². The summed E-state index contributed by atoms with van der Waals surface area (Å²) in [5.74, 6) is -1.47. The van der Waals surface area contributed by atoms with Gasteiger partial charge in [0.2, 0.25) is 0 Å². The molecule has 0 aliphatic carbocycles. The molecular formula is C22H23NO5. The third-order valence-electron chi connectivity index (χ3n) is 4.06. The fourth-order valence-corrected chi connectivity index (χ4v) is 2.38. The van der Waals surface area contributed by atoms with Crippen molar-refractivity contribution in [3.8, 4) is 0 Å². The topological polar surface area (TPSA) is 81.7 Å². The highest BCUT2D eigenvalue weighted by Crippen LogP contribution is 2.17. The summed E-state index contributed by atoms with van der Waals surface area (Å²) in [4.78, 5) is 35.6. The van der Waals surface area contributed by atoms with Gasteiger partial charge < -0.3 is 14.8 Å². The highest BCUT2D eigenvalue weighted by atomic mass is 16.5. The van der Waals surface area contributed by atoms with Crippen LogP contribution in [0.1, 0.15) is 34.0 Å². The smallest absolute Gasteiger partial charge is 0.337 e. The number of anilines is 1. The SMILES string of the molecule is COC(=O)c1ccc(/C=C/C(=O)O[C@@H](C)C(=O)Nc2cc(C)ccc2C)cc1. The van der Waals surface area contributed by atoms with Gasteiger partial charge >= 0.3 is 11.9 Å². The number of methoxy groups -OCH3 is 1. The molecule has 0 aliphatic rings. The first-order chi connectivity index (χ1) is 13.3. The standard InChI is InChI=1S/C22H23NO5/c1-14-5-6-15(2)19(13-14)23-21(25)16(3)28-20(24)12-9-17-7-10-18(11-8-17)22(26)27-4/h5-13,16H,1-4H3,(H,23,25)/b12-9+/t16-/m0/s1. The highest BCUT2D eigenvalue weighted by Gasteiger charge is 2.17. The van der Waals surface area contributed by atoms with Gasteiger partial charge in [0.1, 0.15) is 0 Å². The minimum Gasteiger partial charge on any atom is -0.465 e. The quantitative estimate of drug-likeness (QED) is 0.610. The summed E-state index contributed by atoms with van der Waals surface area (Å²) in [6.45, 7) is 5.33. The molecule has 0 fully saturated rings. The van der Waals surface area contributed by atoms with E-state index in [9.17, 15) is 14.4 Å². The number of aryl methyl sites for hydroxylation is 2. The molecule has 0 bridgehead atoms. The lowest BCUT2D eigenvalue weighted by Crippen LogP contribution is -2.29. The number of nitrogens with one attached hydrogen (secondary N) is 1. The molecule has 0 unspecified atom stereocenters. The van der Waals surface area contributed by atoms with Crippen LogP contribution in [0.5, 0.6) is 0 Å². The molecule has 0 spiro atoms. The second kappa shape index (κ2) is 9.50. The summed E-state index contributed by atoms with van der Waals surface area (Å²) in [5.41, 5.74) is 3.75. The predicted octanol–water partition coefficient (Wildman–Crippen LogP) is 3.67. The monoisotopic (exact) mass is 381 g/mol. The second-order valence-electron chi connectivity index (χ2n) is 6.33. The zero-order valence-electron chi connectivity index (χ0n) is 16.3. The molecule has 6 heteroatoms. The Hall–Kier alpha value is -3.41. The first-order valence-electron chi connectivity index (χ1n) is 8.75. The Bertz CT molecular complexity index is 900. The largest absolute Gasteiger partial charge is 0.465 e. The Morgan fingerprint density at radius 3 is 2.36 bits per heavy atom. The second-order valence-corrected chi connectivity index (χ2v) is 6.33. The van der Waals surface area contributed by atoms with E-state index in [4.69, 9.17) is 4.74 Å². The Morgan fingerprint density at radius 2 is 1.71 bits per heavy atom. The Balaban J connectivity index is 1.92. The molecule has 0 saturated heterocycles. The number of hydrogen-bond donors (Lipinski definition) is 1. The van der Waals surface area contributed by atoms with Gasteiger partial charge in [0.25, 0.3) is 5.91 Å². The van der Waals surface area contributed by atoms with E-state index in [1.165, 1.54) is 20.1 Å². The fourth-order valence-electron chi connectivity index (χ4n) is 2.38. The molecule has 28 heavy (non-hydrogen) atoms. The Kier molecular flexibility index (Phi) is 7.09. The number of esters is 2. The van der Waals surface area contributed by atoms with Crippen molar-refractivity contribution in [3.05, 3.63) is 70.8 Å². The third kappa shape index (κ3) is 5.81. The van der Waals surface area contributed by atoms with Gasteiger partial charge in [-0.25, -0.2) is 9.59 Å². The predicted molar refractivity (Wildman–Crippen MR) is 107 cm³/mol. The average Bonchev–Trinajstić information content (AvgIpc) is 2.68. The summed E-state index contributed by atoms with van der Waals surface area (Å²) < 4.78 is 9.77. The van der Waals surface area contributed by atoms with Crippen LogP contribution in [-0.2, 0) is 19.1 Å². The lowest BCUT2D eigenvalue weighted by atomic mass is 10.1. The molecule has 2 aromatic carbocycles. The minimum absolute atomic E-state index is 0.405. The lowest BCUT2D eigenvalue weighted by Gasteiger charge is -2.14. The van der Waals surface area contributed by atoms with Gasteiger partial charge in [0, 0.05) is 11.8 Å². The first-order valence-corrected chi connectivity index (χ1v) is 8.75. The van der Waals surface area contributed by atoms with E-state index < -0.39 is 23.9 Å². The van der Waals surface area contributed by atoms with Crippen LogP contribution in [-0.4, -0.2) is 31.1 Å². The van der Waals surface area contributed by atoms with Crippen molar-refractivity contribution in [3.63, 3.8) is 0 Å². The molecule has 0 radical (unpaired) electrons. The third-order valence-corrected chi connectivity index (χ3v) is 4.06. The van der Waals surface area contributed by atoms with E-state index >= 15 is 0 Å². The first kappa shape index (κ1) is 20.9. The van der Waals surface area contributed by atoms with Crippen LogP contribution in [0.4, 0.5) is 5.69 Å². The lowest BCUT2D eigenvalue weighted by molar-refractivity contribution is -0.148. The average molecular weight is 381 g/mol. The molecule has 1 N–H and O–H groups in total. The molecule has 0 heterocycles. The number of amides is 1. The summed E-state index contributed by atoms with van der Waals surface area (Å²) in [7, 11) is 1.31. The zero-order chi connectivity index (χ0) is 20.7. The van der Waals surface area contributed by atoms with Gasteiger partial charge in [-0.3, -0.25) is 4.79 Å². The van der Waals surface area contributed by atoms with Crippen molar-refractivity contribution >= 4 is 29.6 Å². The van der Waals surface area contributed by atoms with E-state index in [0.29, 0.717) is 16.8 Å². The zero-order valence-corrected chi connectivity index (χ0v) is 16.3. The number of benzene rings is 2. The molecular weight excluding hydrogens is 358 g/mol. The van der Waals surface area contributed by atoms with Gasteiger partial charge in [-0.15, -0.1) is 0 Å². The maximum Gasteiger partial charge on any atom is 0.337 e. The molecule has 146 valence electrons. The van der Waals surface area contributed by atoms with Crippen molar-refractivity contribution in [1.82, 2.24) is 0 Å². The van der Waals surface area contributed by atoms with Gasteiger partial charge in [0.15, 0.2) is 6.10 Å². The minimum atomic E-state index is -0.946. The van der Waals surface area contributed by atoms with Crippen LogP contribution >= 0.6 is 0 Å². The van der Waals surface area contributed by atoms with Crippen LogP contribution in [0.15, 0.2) is 48.5 Å². The number of hydrogen-bond acceptors (Lipinski definition) is 5. The van der Waals surface area contributed by atoms with Crippen molar-refractivity contribution in [2.24, 2.45) is 0 Å². The molecule has 2 rings (SSSR count). The van der Waals surface area contributed by atoms with Crippen LogP contribution in [0.3, 0.4) is 0 Å². The normalized spacial score (nSPS) is 11.7. The number of carbonyl (C=O) groups is 3. The molecule has 0 aromatic heterocycles. The molecule has 2 aromatic rings. The summed E-state index contributed by atoms with van der Waals surface area (Å²) >= 11 is 0. The van der Waals surface area contributed by atoms with E-state index in [1.807, 2.05) is 32.0 Å². The van der Waals surface area contributed by atoms with E-state index in [1.54, 1.807) is 30.3 Å². The number of ether oxygens (including phenoxy) is 2. The van der Waals surface area contributed by atoms with Gasteiger partial charge in [-0.1, -0.05) is 24.3 Å². The van der Waals surface area contributed by atoms with Crippen molar-refractivity contribution in [2.75, 3.05) is 12.4 Å². The van der Waals surface area contributed by atoms with Crippen molar-refractivity contribution < 1.29 is 23.9 Å². The molecule has 0 aliphatic heterocycles. The molecule has 0 saturated carbocycles. The van der Waals surface area contributed by atoms with Crippen LogP contribution < -0.4 is 5.32 Å². The van der Waals surface area contributed by atoms with Crippen LogP contribution in [0, 0.1) is 13.8 Å². The maximum absolute atomic E-state index is 12.3. The maximum atomic E-state index is 12.3. The van der Waals surface area contributed by atoms with Gasteiger partial charge in [-0.05, 0) is 61.7 Å². The van der Waals surface area contributed by atoms with Crippen molar-refractivity contribution in [1.29, 1.82) is 0 Å². The van der Waals surface area contributed by atoms with E-state index in [0.717, 1.165) is 11.1 Å². The molecule has 1 atom stereocenters. The summed E-state index contributed by atoms with van der Waals surface area (Å²) in [5, 5.41) is 2.77. The van der Waals surface area contributed by atoms with Crippen LogP contribution in [0.25, 0.3) is 6.08 Å². The number of rotatable bonds is 6. The van der Waals surface area contributed by atoms with Crippen LogP contribution in [0.2, 0.25) is 0 Å². The Labute approximate surface area is 164 Å². The highest BCUT2D eigenvalue weighted by molar-refractivity contribution is 5.97. The molecule has 1 amide bonds. The van der Waals surface area contributed by atoms with E-state index in [-0.39, 0.29) is 0 Å². The van der Waals surface area contributed by atoms with E-state index in [2.05, 4.69) is 10.1 Å². The summed E-state index contributed by atoms with van der Waals surface area (Å²) in [6.07, 6.45) is 1.83. The fraction of sp³-hybridized carbons (Fsp3) is 0.227. The Morgan fingerprint density at radius 1 is 1.04 bits per heavy atom.